The lowest BCUT2D eigenvalue weighted by atomic mass is 10.2. The largest absolute Gasteiger partial charge is 0.345 e. The summed E-state index contributed by atoms with van der Waals surface area (Å²) in [5.74, 6) is -0.265. The van der Waals surface area contributed by atoms with Gasteiger partial charge in [0.25, 0.3) is 5.91 Å². The van der Waals surface area contributed by atoms with Gasteiger partial charge in [0.05, 0.1) is 0 Å². The SMILES string of the molecule is Cn1nc(C(=O)NC2CCN(Cc3ccccc3)C2)[nH]c1=O. The molecule has 0 spiro atoms. The van der Waals surface area contributed by atoms with E-state index in [0.29, 0.717) is 0 Å². The van der Waals surface area contributed by atoms with E-state index in [1.54, 1.807) is 0 Å². The molecule has 3 rings (SSSR count). The van der Waals surface area contributed by atoms with Gasteiger partial charge < -0.3 is 5.32 Å². The van der Waals surface area contributed by atoms with Gasteiger partial charge in [0, 0.05) is 32.7 Å². The molecule has 22 heavy (non-hydrogen) atoms. The van der Waals surface area contributed by atoms with Crippen LogP contribution in [0.25, 0.3) is 0 Å². The normalized spacial score (nSPS) is 18.5. The molecule has 7 heteroatoms. The van der Waals surface area contributed by atoms with Crippen LogP contribution in [0.4, 0.5) is 0 Å². The lowest BCUT2D eigenvalue weighted by Gasteiger charge is -2.16. The highest BCUT2D eigenvalue weighted by Gasteiger charge is 2.25. The van der Waals surface area contributed by atoms with Gasteiger partial charge in [-0.15, -0.1) is 5.10 Å². The Morgan fingerprint density at radius 3 is 2.86 bits per heavy atom. The second kappa shape index (κ2) is 6.15. The van der Waals surface area contributed by atoms with Crippen molar-refractivity contribution < 1.29 is 4.79 Å². The van der Waals surface area contributed by atoms with Crippen molar-refractivity contribution >= 4 is 5.91 Å². The third kappa shape index (κ3) is 3.25. The van der Waals surface area contributed by atoms with E-state index < -0.39 is 0 Å². The van der Waals surface area contributed by atoms with E-state index in [2.05, 4.69) is 32.4 Å². The number of aromatic amines is 1. The number of hydrogen-bond acceptors (Lipinski definition) is 4. The van der Waals surface area contributed by atoms with Gasteiger partial charge in [0.2, 0.25) is 5.82 Å². The van der Waals surface area contributed by atoms with Crippen LogP contribution in [-0.4, -0.2) is 44.7 Å². The van der Waals surface area contributed by atoms with E-state index in [-0.39, 0.29) is 23.5 Å². The molecule has 2 aromatic rings. The summed E-state index contributed by atoms with van der Waals surface area (Å²) in [6.07, 6.45) is 0.898. The van der Waals surface area contributed by atoms with Crippen molar-refractivity contribution in [1.29, 1.82) is 0 Å². The predicted molar refractivity (Wildman–Crippen MR) is 81.4 cm³/mol. The molecule has 116 valence electrons. The molecule has 0 bridgehead atoms. The average molecular weight is 301 g/mol. The Labute approximate surface area is 127 Å². The molecule has 1 fully saturated rings. The number of likely N-dealkylation sites (tertiary alicyclic amines) is 1. The third-order valence-corrected chi connectivity index (χ3v) is 3.84. The third-order valence-electron chi connectivity index (χ3n) is 3.84. The highest BCUT2D eigenvalue weighted by molar-refractivity contribution is 5.90. The molecule has 2 heterocycles. The van der Waals surface area contributed by atoms with Gasteiger partial charge in [-0.2, -0.15) is 0 Å². The number of rotatable bonds is 4. The lowest BCUT2D eigenvalue weighted by molar-refractivity contribution is 0.0927. The van der Waals surface area contributed by atoms with Crippen molar-refractivity contribution in [3.05, 3.63) is 52.2 Å². The lowest BCUT2D eigenvalue weighted by Crippen LogP contribution is -2.37. The van der Waals surface area contributed by atoms with E-state index >= 15 is 0 Å². The van der Waals surface area contributed by atoms with Crippen molar-refractivity contribution in [3.63, 3.8) is 0 Å². The van der Waals surface area contributed by atoms with Crippen molar-refractivity contribution in [1.82, 2.24) is 25.0 Å². The molecule has 1 aromatic heterocycles. The van der Waals surface area contributed by atoms with E-state index in [9.17, 15) is 9.59 Å². The number of amides is 1. The van der Waals surface area contributed by atoms with Gasteiger partial charge in [-0.3, -0.25) is 14.7 Å². The zero-order valence-electron chi connectivity index (χ0n) is 12.5. The fraction of sp³-hybridized carbons (Fsp3) is 0.400. The number of nitrogens with one attached hydrogen (secondary N) is 2. The highest BCUT2D eigenvalue weighted by Crippen LogP contribution is 2.13. The fourth-order valence-corrected chi connectivity index (χ4v) is 2.69. The first-order valence-electron chi connectivity index (χ1n) is 7.32. The van der Waals surface area contributed by atoms with E-state index in [0.717, 1.165) is 30.7 Å². The Kier molecular flexibility index (Phi) is 4.06. The van der Waals surface area contributed by atoms with Crippen LogP contribution >= 0.6 is 0 Å². The van der Waals surface area contributed by atoms with Gasteiger partial charge in [-0.1, -0.05) is 30.3 Å². The van der Waals surface area contributed by atoms with Gasteiger partial charge in [0.1, 0.15) is 0 Å². The van der Waals surface area contributed by atoms with Crippen LogP contribution in [0.2, 0.25) is 0 Å². The minimum Gasteiger partial charge on any atom is -0.345 e. The van der Waals surface area contributed by atoms with Crippen LogP contribution < -0.4 is 11.0 Å². The van der Waals surface area contributed by atoms with Crippen LogP contribution in [0.15, 0.2) is 35.1 Å². The van der Waals surface area contributed by atoms with Gasteiger partial charge in [-0.05, 0) is 12.0 Å². The number of aryl methyl sites for hydroxylation is 1. The zero-order chi connectivity index (χ0) is 15.5. The summed E-state index contributed by atoms with van der Waals surface area (Å²) < 4.78 is 1.12. The topological polar surface area (TPSA) is 83.0 Å². The highest BCUT2D eigenvalue weighted by atomic mass is 16.2. The molecule has 1 aliphatic rings. The molecular formula is C15H19N5O2. The number of nitrogens with zero attached hydrogens (tertiary/aromatic N) is 3. The second-order valence-corrected chi connectivity index (χ2v) is 5.58. The molecule has 0 radical (unpaired) electrons. The van der Waals surface area contributed by atoms with E-state index in [1.807, 2.05) is 18.2 Å². The maximum Gasteiger partial charge on any atom is 0.343 e. The molecule has 2 N–H and O–H groups in total. The summed E-state index contributed by atoms with van der Waals surface area (Å²) >= 11 is 0. The molecule has 1 aromatic carbocycles. The second-order valence-electron chi connectivity index (χ2n) is 5.58. The van der Waals surface area contributed by atoms with Crippen LogP contribution in [-0.2, 0) is 13.6 Å². The van der Waals surface area contributed by atoms with Crippen molar-refractivity contribution in [2.75, 3.05) is 13.1 Å². The number of carbonyl (C=O) groups is 1. The van der Waals surface area contributed by atoms with Crippen molar-refractivity contribution in [2.45, 2.75) is 19.0 Å². The van der Waals surface area contributed by atoms with Gasteiger partial charge >= 0.3 is 5.69 Å². The first kappa shape index (κ1) is 14.5. The fourth-order valence-electron chi connectivity index (χ4n) is 2.69. The maximum absolute atomic E-state index is 12.1. The van der Waals surface area contributed by atoms with Crippen LogP contribution in [0.1, 0.15) is 22.6 Å². The number of hydrogen-bond donors (Lipinski definition) is 2. The molecule has 0 aliphatic carbocycles. The number of aromatic nitrogens is 3. The van der Waals surface area contributed by atoms with Crippen molar-refractivity contribution in [3.8, 4) is 0 Å². The average Bonchev–Trinajstić information content (AvgIpc) is 3.07. The Morgan fingerprint density at radius 1 is 1.41 bits per heavy atom. The summed E-state index contributed by atoms with van der Waals surface area (Å²) in [4.78, 5) is 28.1. The minimum absolute atomic E-state index is 0.0639. The zero-order valence-corrected chi connectivity index (χ0v) is 12.5. The maximum atomic E-state index is 12.1. The summed E-state index contributed by atoms with van der Waals surface area (Å²) in [5, 5.41) is 6.79. The van der Waals surface area contributed by atoms with E-state index in [1.165, 1.54) is 12.6 Å². The smallest absolute Gasteiger partial charge is 0.343 e. The standard InChI is InChI=1S/C15H19N5O2/c1-19-15(22)17-13(18-19)14(21)16-12-7-8-20(10-12)9-11-5-3-2-4-6-11/h2-6,12H,7-10H2,1H3,(H,16,21)(H,17,18,22). The van der Waals surface area contributed by atoms with E-state index in [4.69, 9.17) is 0 Å². The first-order valence-corrected chi connectivity index (χ1v) is 7.32. The predicted octanol–water partition coefficient (Wildman–Crippen LogP) is 0.113. The summed E-state index contributed by atoms with van der Waals surface area (Å²) in [7, 11) is 1.51. The molecule has 0 saturated carbocycles. The Balaban J connectivity index is 1.54. The van der Waals surface area contributed by atoms with Crippen LogP contribution in [0, 0.1) is 0 Å². The number of carbonyl (C=O) groups excluding carboxylic acids is 1. The van der Waals surface area contributed by atoms with Gasteiger partial charge in [-0.25, -0.2) is 9.48 Å². The van der Waals surface area contributed by atoms with Crippen molar-refractivity contribution in [2.24, 2.45) is 7.05 Å². The van der Waals surface area contributed by atoms with Gasteiger partial charge in [0.15, 0.2) is 0 Å². The Bertz CT molecular complexity index is 706. The summed E-state index contributed by atoms with van der Waals surface area (Å²) in [6, 6.07) is 10.4. The Morgan fingerprint density at radius 2 is 2.18 bits per heavy atom. The minimum atomic E-state index is -0.387. The quantitative estimate of drug-likeness (QED) is 0.840. The van der Waals surface area contributed by atoms with Crippen LogP contribution in [0.3, 0.4) is 0 Å². The number of benzene rings is 1. The number of H-pyrrole nitrogens is 1. The molecule has 7 nitrogen and oxygen atoms in total. The molecule has 1 amide bonds. The molecule has 1 aliphatic heterocycles. The van der Waals surface area contributed by atoms with Crippen LogP contribution in [0.5, 0.6) is 0 Å². The Hall–Kier alpha value is -2.41. The molecular weight excluding hydrogens is 282 g/mol. The summed E-state index contributed by atoms with van der Waals surface area (Å²) in [5.41, 5.74) is 0.880. The molecule has 1 atom stereocenters. The summed E-state index contributed by atoms with van der Waals surface area (Å²) in [6.45, 7) is 2.63. The first-order chi connectivity index (χ1) is 10.6. The monoisotopic (exact) mass is 301 g/mol. The molecule has 1 unspecified atom stereocenters. The molecule has 1 saturated heterocycles.